The smallest absolute Gasteiger partial charge is 0.211 e. The lowest BCUT2D eigenvalue weighted by molar-refractivity contribution is -0.484. The highest BCUT2D eigenvalue weighted by Gasteiger charge is 2.36. The molecule has 3 aromatic carbocycles. The number of carbonyl (C=O) groups is 2. The van der Waals surface area contributed by atoms with Gasteiger partial charge in [0.2, 0.25) is 6.54 Å². The Labute approximate surface area is 207 Å². The minimum Gasteiger partial charge on any atom is -0.294 e. The normalized spacial score (nSPS) is 12.3. The Balaban J connectivity index is 1.96. The molecule has 172 valence electrons. The fourth-order valence-electron chi connectivity index (χ4n) is 3.51. The van der Waals surface area contributed by atoms with Crippen LogP contribution < -0.4 is 0 Å². The van der Waals surface area contributed by atoms with Gasteiger partial charge in [0.25, 0.3) is 0 Å². The van der Waals surface area contributed by atoms with E-state index in [-0.39, 0.29) is 0 Å². The van der Waals surface area contributed by atoms with Crippen molar-refractivity contribution in [3.8, 4) is 0 Å². The summed E-state index contributed by atoms with van der Waals surface area (Å²) in [6, 6.07) is 22.3. The maximum absolute atomic E-state index is 13.3. The van der Waals surface area contributed by atoms with Crippen LogP contribution >= 0.6 is 23.2 Å². The molecular formula is C27H21Cl2NO4. The third-order valence-electron chi connectivity index (χ3n) is 5.21. The van der Waals surface area contributed by atoms with E-state index >= 15 is 0 Å². The Bertz CT molecular complexity index is 1140. The van der Waals surface area contributed by atoms with Crippen LogP contribution in [0.4, 0.5) is 0 Å². The average Bonchev–Trinajstić information content (AvgIpc) is 2.83. The van der Waals surface area contributed by atoms with Gasteiger partial charge in [-0.2, -0.15) is 0 Å². The van der Waals surface area contributed by atoms with E-state index in [1.165, 1.54) is 12.2 Å². The lowest BCUT2D eigenvalue weighted by Gasteiger charge is -2.20. The van der Waals surface area contributed by atoms with Crippen molar-refractivity contribution in [1.82, 2.24) is 0 Å². The van der Waals surface area contributed by atoms with Crippen LogP contribution in [0.1, 0.15) is 22.6 Å². The lowest BCUT2D eigenvalue weighted by atomic mass is 9.80. The average molecular weight is 494 g/mol. The Morgan fingerprint density at radius 3 is 1.62 bits per heavy atom. The van der Waals surface area contributed by atoms with Crippen molar-refractivity contribution < 1.29 is 14.5 Å². The van der Waals surface area contributed by atoms with Crippen molar-refractivity contribution >= 4 is 46.9 Å². The Kier molecular flexibility index (Phi) is 8.91. The molecule has 0 aliphatic carbocycles. The molecule has 1 atom stereocenters. The Morgan fingerprint density at radius 1 is 0.765 bits per heavy atom. The fraction of sp³-hybridized carbons (Fsp3) is 0.111. The van der Waals surface area contributed by atoms with Gasteiger partial charge in [-0.05, 0) is 53.1 Å². The Morgan fingerprint density at radius 2 is 1.21 bits per heavy atom. The molecule has 0 amide bonds. The van der Waals surface area contributed by atoms with Crippen LogP contribution in [0.3, 0.4) is 0 Å². The van der Waals surface area contributed by atoms with Gasteiger partial charge in [-0.1, -0.05) is 90.0 Å². The van der Waals surface area contributed by atoms with Crippen molar-refractivity contribution in [2.45, 2.75) is 5.92 Å². The standard InChI is InChI=1S/C27H21Cl2NO4/c28-22-12-6-19(7-13-22)10-16-25(31)27(24(18-30(33)34)21-4-2-1-3-5-21)26(32)17-11-20-8-14-23(29)15-9-20/h1-17,24,27H,18H2/b16-10+,17-11+/t24-/m0/s1. The van der Waals surface area contributed by atoms with Gasteiger partial charge < -0.3 is 0 Å². The van der Waals surface area contributed by atoms with Crippen molar-refractivity contribution in [2.75, 3.05) is 6.54 Å². The molecule has 0 radical (unpaired) electrons. The first-order chi connectivity index (χ1) is 16.3. The Hall–Kier alpha value is -3.54. The second-order valence-electron chi connectivity index (χ2n) is 7.58. The second kappa shape index (κ2) is 12.1. The number of rotatable bonds is 10. The van der Waals surface area contributed by atoms with Crippen LogP contribution in [0, 0.1) is 16.0 Å². The summed E-state index contributed by atoms with van der Waals surface area (Å²) in [7, 11) is 0. The molecule has 0 aliphatic heterocycles. The third-order valence-corrected chi connectivity index (χ3v) is 5.71. The number of nitrogens with zero attached hydrogens (tertiary/aromatic N) is 1. The minimum atomic E-state index is -1.26. The van der Waals surface area contributed by atoms with Crippen molar-refractivity contribution in [3.05, 3.63) is 128 Å². The number of halogens is 2. The van der Waals surface area contributed by atoms with Gasteiger partial charge >= 0.3 is 0 Å². The topological polar surface area (TPSA) is 77.3 Å². The molecule has 0 heterocycles. The number of allylic oxidation sites excluding steroid dienone is 2. The molecule has 0 N–H and O–H groups in total. The maximum Gasteiger partial charge on any atom is 0.211 e. The summed E-state index contributed by atoms with van der Waals surface area (Å²) in [5.41, 5.74) is 1.98. The number of nitro groups is 1. The molecule has 0 aromatic heterocycles. The molecule has 3 rings (SSSR count). The van der Waals surface area contributed by atoms with Crippen LogP contribution in [0.5, 0.6) is 0 Å². The van der Waals surface area contributed by atoms with E-state index in [9.17, 15) is 19.7 Å². The molecule has 34 heavy (non-hydrogen) atoms. The summed E-state index contributed by atoms with van der Waals surface area (Å²) in [5, 5.41) is 12.6. The first kappa shape index (κ1) is 25.1. The molecule has 0 unspecified atom stereocenters. The van der Waals surface area contributed by atoms with Crippen molar-refractivity contribution in [3.63, 3.8) is 0 Å². The molecule has 0 fully saturated rings. The van der Waals surface area contributed by atoms with Gasteiger partial charge in [-0.15, -0.1) is 0 Å². The summed E-state index contributed by atoms with van der Waals surface area (Å²) >= 11 is 11.8. The highest BCUT2D eigenvalue weighted by Crippen LogP contribution is 2.28. The molecule has 0 spiro atoms. The van der Waals surface area contributed by atoms with E-state index in [0.29, 0.717) is 26.7 Å². The third kappa shape index (κ3) is 7.24. The largest absolute Gasteiger partial charge is 0.294 e. The summed E-state index contributed by atoms with van der Waals surface area (Å²) in [5.74, 6) is -3.23. The van der Waals surface area contributed by atoms with Gasteiger partial charge in [-0.25, -0.2) is 0 Å². The van der Waals surface area contributed by atoms with Crippen LogP contribution in [-0.4, -0.2) is 23.0 Å². The SMILES string of the molecule is O=C(/C=C/c1ccc(Cl)cc1)C(C(=O)/C=C/c1ccc(Cl)cc1)[C@@H](C[N+](=O)[O-])c1ccccc1. The van der Waals surface area contributed by atoms with E-state index in [2.05, 4.69) is 0 Å². The zero-order valence-electron chi connectivity index (χ0n) is 18.0. The van der Waals surface area contributed by atoms with E-state index in [4.69, 9.17) is 23.2 Å². The highest BCUT2D eigenvalue weighted by atomic mass is 35.5. The van der Waals surface area contributed by atoms with Crippen LogP contribution in [0.15, 0.2) is 91.0 Å². The van der Waals surface area contributed by atoms with E-state index in [1.54, 1.807) is 91.0 Å². The van der Waals surface area contributed by atoms with Gasteiger partial charge in [0.1, 0.15) is 0 Å². The lowest BCUT2D eigenvalue weighted by Crippen LogP contribution is -2.32. The minimum absolute atomic E-state index is 0.503. The van der Waals surface area contributed by atoms with Gasteiger partial charge in [-0.3, -0.25) is 19.7 Å². The van der Waals surface area contributed by atoms with Crippen LogP contribution in [0.25, 0.3) is 12.2 Å². The highest BCUT2D eigenvalue weighted by molar-refractivity contribution is 6.30. The fourth-order valence-corrected chi connectivity index (χ4v) is 3.76. The van der Waals surface area contributed by atoms with Crippen LogP contribution in [0.2, 0.25) is 10.0 Å². The van der Waals surface area contributed by atoms with E-state index in [0.717, 1.165) is 0 Å². The summed E-state index contributed by atoms with van der Waals surface area (Å²) in [4.78, 5) is 37.5. The summed E-state index contributed by atoms with van der Waals surface area (Å²) < 4.78 is 0. The predicted octanol–water partition coefficient (Wildman–Crippen LogP) is 6.53. The van der Waals surface area contributed by atoms with Crippen LogP contribution in [-0.2, 0) is 9.59 Å². The number of benzene rings is 3. The van der Waals surface area contributed by atoms with Crippen molar-refractivity contribution in [1.29, 1.82) is 0 Å². The van der Waals surface area contributed by atoms with Gasteiger partial charge in [0, 0.05) is 15.0 Å². The molecule has 5 nitrogen and oxygen atoms in total. The number of ketones is 2. The number of hydrogen-bond donors (Lipinski definition) is 0. The first-order valence-electron chi connectivity index (χ1n) is 10.4. The number of hydrogen-bond acceptors (Lipinski definition) is 4. The monoisotopic (exact) mass is 493 g/mol. The van der Waals surface area contributed by atoms with E-state index < -0.39 is 34.9 Å². The van der Waals surface area contributed by atoms with Gasteiger partial charge in [0.05, 0.1) is 11.8 Å². The molecule has 0 aliphatic rings. The zero-order chi connectivity index (χ0) is 24.5. The van der Waals surface area contributed by atoms with Gasteiger partial charge in [0.15, 0.2) is 11.6 Å². The molecule has 0 saturated heterocycles. The molecule has 0 saturated carbocycles. The molecule has 0 bridgehead atoms. The van der Waals surface area contributed by atoms with E-state index in [1.807, 2.05) is 0 Å². The van der Waals surface area contributed by atoms with Crippen molar-refractivity contribution in [2.24, 2.45) is 5.92 Å². The molecular weight excluding hydrogens is 473 g/mol. The zero-order valence-corrected chi connectivity index (χ0v) is 19.5. The second-order valence-corrected chi connectivity index (χ2v) is 8.46. The summed E-state index contributed by atoms with van der Waals surface area (Å²) in [6.45, 7) is -0.560. The predicted molar refractivity (Wildman–Crippen MR) is 136 cm³/mol. The molecule has 3 aromatic rings. The first-order valence-corrected chi connectivity index (χ1v) is 11.2. The maximum atomic E-state index is 13.3. The molecule has 7 heteroatoms. The quantitative estimate of drug-likeness (QED) is 0.139. The summed E-state index contributed by atoms with van der Waals surface area (Å²) in [6.07, 6.45) is 5.71. The number of carbonyl (C=O) groups excluding carboxylic acids is 2.